The lowest BCUT2D eigenvalue weighted by Crippen LogP contribution is -2.00. The highest BCUT2D eigenvalue weighted by Gasteiger charge is 2.23. The van der Waals surface area contributed by atoms with Crippen LogP contribution in [0.5, 0.6) is 5.75 Å². The number of aromatic nitrogens is 1. The van der Waals surface area contributed by atoms with Crippen LogP contribution in [0.3, 0.4) is 0 Å². The van der Waals surface area contributed by atoms with Gasteiger partial charge in [0, 0.05) is 5.56 Å². The van der Waals surface area contributed by atoms with Crippen molar-refractivity contribution in [1.82, 2.24) is 5.16 Å². The zero-order valence-corrected chi connectivity index (χ0v) is 9.73. The SMILES string of the molecule is COc1ccc(F)cc1-c1c(C(=O)O)noc1C. The first kappa shape index (κ1) is 12.1. The van der Waals surface area contributed by atoms with Crippen LogP contribution in [-0.4, -0.2) is 23.3 Å². The number of nitrogens with zero attached hydrogens (tertiary/aromatic N) is 1. The summed E-state index contributed by atoms with van der Waals surface area (Å²) in [7, 11) is 1.42. The van der Waals surface area contributed by atoms with Crippen molar-refractivity contribution in [3.8, 4) is 16.9 Å². The van der Waals surface area contributed by atoms with E-state index in [1.807, 2.05) is 0 Å². The quantitative estimate of drug-likeness (QED) is 0.907. The zero-order valence-electron chi connectivity index (χ0n) is 9.73. The maximum atomic E-state index is 13.3. The molecule has 0 atom stereocenters. The van der Waals surface area contributed by atoms with E-state index >= 15 is 0 Å². The molecule has 0 bridgehead atoms. The Hall–Kier alpha value is -2.37. The van der Waals surface area contributed by atoms with Crippen LogP contribution in [0, 0.1) is 12.7 Å². The third-order valence-corrected chi connectivity index (χ3v) is 2.50. The molecule has 1 aromatic carbocycles. The van der Waals surface area contributed by atoms with Gasteiger partial charge in [-0.2, -0.15) is 0 Å². The number of hydrogen-bond acceptors (Lipinski definition) is 4. The van der Waals surface area contributed by atoms with E-state index in [0.29, 0.717) is 11.3 Å². The highest BCUT2D eigenvalue weighted by molar-refractivity contribution is 5.95. The normalized spacial score (nSPS) is 10.4. The molecule has 1 N–H and O–H groups in total. The minimum atomic E-state index is -1.24. The van der Waals surface area contributed by atoms with Crippen molar-refractivity contribution in [2.45, 2.75) is 6.92 Å². The van der Waals surface area contributed by atoms with E-state index < -0.39 is 11.8 Å². The highest BCUT2D eigenvalue weighted by Crippen LogP contribution is 2.35. The predicted molar refractivity (Wildman–Crippen MR) is 60.1 cm³/mol. The van der Waals surface area contributed by atoms with E-state index in [0.717, 1.165) is 0 Å². The van der Waals surface area contributed by atoms with Crippen LogP contribution in [0.4, 0.5) is 4.39 Å². The summed E-state index contributed by atoms with van der Waals surface area (Å²) in [6, 6.07) is 3.83. The fraction of sp³-hybridized carbons (Fsp3) is 0.167. The molecular formula is C12H10FNO4. The van der Waals surface area contributed by atoms with Crippen LogP contribution in [0.2, 0.25) is 0 Å². The van der Waals surface area contributed by atoms with Gasteiger partial charge in [-0.1, -0.05) is 5.16 Å². The van der Waals surface area contributed by atoms with Crippen molar-refractivity contribution < 1.29 is 23.6 Å². The van der Waals surface area contributed by atoms with Gasteiger partial charge in [-0.15, -0.1) is 0 Å². The van der Waals surface area contributed by atoms with Crippen LogP contribution < -0.4 is 4.74 Å². The van der Waals surface area contributed by atoms with E-state index in [2.05, 4.69) is 5.16 Å². The molecule has 0 unspecified atom stereocenters. The first-order valence-electron chi connectivity index (χ1n) is 5.08. The summed E-state index contributed by atoms with van der Waals surface area (Å²) in [4.78, 5) is 11.0. The summed E-state index contributed by atoms with van der Waals surface area (Å²) in [5.74, 6) is -1.10. The molecule has 0 spiro atoms. The van der Waals surface area contributed by atoms with E-state index in [-0.39, 0.29) is 17.0 Å². The van der Waals surface area contributed by atoms with Gasteiger partial charge in [-0.05, 0) is 25.1 Å². The number of carbonyl (C=O) groups is 1. The summed E-state index contributed by atoms with van der Waals surface area (Å²) in [6.45, 7) is 1.55. The van der Waals surface area contributed by atoms with Crippen molar-refractivity contribution in [1.29, 1.82) is 0 Å². The molecule has 0 saturated heterocycles. The first-order chi connectivity index (χ1) is 8.54. The maximum absolute atomic E-state index is 13.3. The first-order valence-corrected chi connectivity index (χ1v) is 5.08. The molecule has 94 valence electrons. The minimum Gasteiger partial charge on any atom is -0.496 e. The Bertz CT molecular complexity index is 606. The molecule has 0 radical (unpaired) electrons. The Morgan fingerprint density at radius 1 is 1.50 bits per heavy atom. The van der Waals surface area contributed by atoms with E-state index in [9.17, 15) is 9.18 Å². The molecule has 6 heteroatoms. The van der Waals surface area contributed by atoms with Crippen molar-refractivity contribution in [3.05, 3.63) is 35.5 Å². The summed E-state index contributed by atoms with van der Waals surface area (Å²) in [6.07, 6.45) is 0. The van der Waals surface area contributed by atoms with Crippen LogP contribution >= 0.6 is 0 Å². The van der Waals surface area contributed by atoms with Gasteiger partial charge in [0.15, 0.2) is 5.69 Å². The molecule has 1 aromatic heterocycles. The third-order valence-electron chi connectivity index (χ3n) is 2.50. The number of ether oxygens (including phenoxy) is 1. The van der Waals surface area contributed by atoms with E-state index in [1.54, 1.807) is 6.92 Å². The summed E-state index contributed by atoms with van der Waals surface area (Å²) >= 11 is 0. The number of halogens is 1. The van der Waals surface area contributed by atoms with Crippen molar-refractivity contribution in [2.75, 3.05) is 7.11 Å². The van der Waals surface area contributed by atoms with Gasteiger partial charge >= 0.3 is 5.97 Å². The van der Waals surface area contributed by atoms with E-state index in [4.69, 9.17) is 14.4 Å². The molecule has 1 heterocycles. The average Bonchev–Trinajstić information content (AvgIpc) is 2.71. The average molecular weight is 251 g/mol. The minimum absolute atomic E-state index is 0.221. The monoisotopic (exact) mass is 251 g/mol. The molecule has 0 aliphatic heterocycles. The van der Waals surface area contributed by atoms with Gasteiger partial charge in [0.2, 0.25) is 0 Å². The number of methoxy groups -OCH3 is 1. The smallest absolute Gasteiger partial charge is 0.358 e. The Kier molecular flexibility index (Phi) is 3.01. The predicted octanol–water partition coefficient (Wildman–Crippen LogP) is 2.50. The lowest BCUT2D eigenvalue weighted by Gasteiger charge is -2.07. The molecule has 0 aliphatic carbocycles. The number of rotatable bonds is 3. The Morgan fingerprint density at radius 2 is 2.22 bits per heavy atom. The summed E-state index contributed by atoms with van der Waals surface area (Å²) in [5, 5.41) is 12.5. The standard InChI is InChI=1S/C12H10FNO4/c1-6-10(11(12(15)16)14-18-6)8-5-7(13)3-4-9(8)17-2/h3-5H,1-2H3,(H,15,16). The van der Waals surface area contributed by atoms with Gasteiger partial charge in [-0.3, -0.25) is 0 Å². The van der Waals surface area contributed by atoms with Crippen LogP contribution in [0.25, 0.3) is 11.1 Å². The van der Waals surface area contributed by atoms with E-state index in [1.165, 1.54) is 25.3 Å². The number of benzene rings is 1. The largest absolute Gasteiger partial charge is 0.496 e. The Morgan fingerprint density at radius 3 is 2.83 bits per heavy atom. The molecule has 0 aliphatic rings. The van der Waals surface area contributed by atoms with Crippen molar-refractivity contribution in [3.63, 3.8) is 0 Å². The lowest BCUT2D eigenvalue weighted by atomic mass is 10.0. The molecule has 0 fully saturated rings. The lowest BCUT2D eigenvalue weighted by molar-refractivity contribution is 0.0686. The number of carboxylic acids is 1. The molecule has 18 heavy (non-hydrogen) atoms. The van der Waals surface area contributed by atoms with Crippen molar-refractivity contribution in [2.24, 2.45) is 0 Å². The fourth-order valence-corrected chi connectivity index (χ4v) is 1.71. The van der Waals surface area contributed by atoms with Crippen molar-refractivity contribution >= 4 is 5.97 Å². The molecule has 0 saturated carbocycles. The second kappa shape index (κ2) is 4.48. The second-order valence-corrected chi connectivity index (χ2v) is 3.61. The third kappa shape index (κ3) is 1.92. The number of carboxylic acid groups (broad SMARTS) is 1. The Labute approximate surface area is 102 Å². The van der Waals surface area contributed by atoms with Crippen LogP contribution in [0.15, 0.2) is 22.7 Å². The van der Waals surface area contributed by atoms with Gasteiger partial charge in [-0.25, -0.2) is 9.18 Å². The fourth-order valence-electron chi connectivity index (χ4n) is 1.71. The van der Waals surface area contributed by atoms with Gasteiger partial charge in [0.1, 0.15) is 17.3 Å². The topological polar surface area (TPSA) is 72.6 Å². The molecule has 5 nitrogen and oxygen atoms in total. The Balaban J connectivity index is 2.71. The number of aryl methyl sites for hydroxylation is 1. The molecular weight excluding hydrogens is 241 g/mol. The highest BCUT2D eigenvalue weighted by atomic mass is 19.1. The number of aromatic carboxylic acids is 1. The van der Waals surface area contributed by atoms with Gasteiger partial charge in [0.25, 0.3) is 0 Å². The van der Waals surface area contributed by atoms with Crippen LogP contribution in [0.1, 0.15) is 16.2 Å². The van der Waals surface area contributed by atoms with Gasteiger partial charge in [0.05, 0.1) is 12.7 Å². The maximum Gasteiger partial charge on any atom is 0.358 e. The molecule has 2 rings (SSSR count). The van der Waals surface area contributed by atoms with Gasteiger partial charge < -0.3 is 14.4 Å². The zero-order chi connectivity index (χ0) is 13.3. The second-order valence-electron chi connectivity index (χ2n) is 3.61. The number of hydrogen-bond donors (Lipinski definition) is 1. The summed E-state index contributed by atoms with van der Waals surface area (Å²) in [5.41, 5.74) is 0.254. The molecule has 2 aromatic rings. The molecule has 0 amide bonds. The van der Waals surface area contributed by atoms with Crippen LogP contribution in [-0.2, 0) is 0 Å². The summed E-state index contributed by atoms with van der Waals surface area (Å²) < 4.78 is 23.2.